The second kappa shape index (κ2) is 6.75. The van der Waals surface area contributed by atoms with Crippen LogP contribution in [0.1, 0.15) is 51.4 Å². The smallest absolute Gasteiger partial charge is 0.00893 e. The quantitative estimate of drug-likeness (QED) is 0.743. The largest absolute Gasteiger partial charge is 0.306 e. The fourth-order valence-electron chi connectivity index (χ4n) is 3.50. The van der Waals surface area contributed by atoms with Gasteiger partial charge in [0.15, 0.2) is 0 Å². The first kappa shape index (κ1) is 13.4. The summed E-state index contributed by atoms with van der Waals surface area (Å²) in [4.78, 5) is 5.11. The van der Waals surface area contributed by atoms with Crippen LogP contribution in [0.2, 0.25) is 0 Å². The third-order valence-electron chi connectivity index (χ3n) is 4.85. The average molecular weight is 238 g/mol. The lowest BCUT2D eigenvalue weighted by Gasteiger charge is -2.34. The minimum absolute atomic E-state index is 0.862. The van der Waals surface area contributed by atoms with Crippen LogP contribution in [0.3, 0.4) is 0 Å². The predicted octanol–water partition coefficient (Wildman–Crippen LogP) is 2.98. The molecule has 1 aliphatic carbocycles. The van der Waals surface area contributed by atoms with Gasteiger partial charge < -0.3 is 9.80 Å². The molecule has 1 heterocycles. The Balaban J connectivity index is 1.61. The van der Waals surface area contributed by atoms with E-state index in [1.807, 2.05) is 0 Å². The molecule has 2 nitrogen and oxygen atoms in total. The minimum Gasteiger partial charge on any atom is -0.306 e. The Bertz CT molecular complexity index is 201. The average Bonchev–Trinajstić information content (AvgIpc) is 2.38. The van der Waals surface area contributed by atoms with Gasteiger partial charge in [-0.1, -0.05) is 6.42 Å². The monoisotopic (exact) mass is 238 g/mol. The van der Waals surface area contributed by atoms with Crippen LogP contribution in [0.5, 0.6) is 0 Å². The summed E-state index contributed by atoms with van der Waals surface area (Å²) in [5.41, 5.74) is 0. The molecule has 0 radical (unpaired) electrons. The number of likely N-dealkylation sites (tertiary alicyclic amines) is 1. The Labute approximate surface area is 107 Å². The molecule has 1 aliphatic heterocycles. The summed E-state index contributed by atoms with van der Waals surface area (Å²) in [6, 6.07) is 0.862. The van der Waals surface area contributed by atoms with Gasteiger partial charge in [0.1, 0.15) is 0 Å². The number of rotatable bonds is 4. The Morgan fingerprint density at radius 1 is 0.941 bits per heavy atom. The van der Waals surface area contributed by atoms with Crippen molar-refractivity contribution in [2.75, 3.05) is 33.7 Å². The van der Waals surface area contributed by atoms with Gasteiger partial charge in [-0.15, -0.1) is 0 Å². The maximum Gasteiger partial charge on any atom is 0.00893 e. The first-order chi connectivity index (χ1) is 8.25. The van der Waals surface area contributed by atoms with Gasteiger partial charge in [-0.25, -0.2) is 0 Å². The molecule has 2 rings (SSSR count). The van der Waals surface area contributed by atoms with Gasteiger partial charge in [-0.05, 0) is 84.6 Å². The third kappa shape index (κ3) is 4.26. The van der Waals surface area contributed by atoms with Crippen molar-refractivity contribution in [3.8, 4) is 0 Å². The van der Waals surface area contributed by atoms with E-state index in [0.717, 1.165) is 12.0 Å². The zero-order valence-corrected chi connectivity index (χ0v) is 11.8. The van der Waals surface area contributed by atoms with Crippen LogP contribution in [-0.2, 0) is 0 Å². The maximum atomic E-state index is 2.70. The molecule has 2 aliphatic rings. The Kier molecular flexibility index (Phi) is 5.30. The molecule has 0 spiro atoms. The van der Waals surface area contributed by atoms with Crippen molar-refractivity contribution in [3.63, 3.8) is 0 Å². The molecule has 2 fully saturated rings. The van der Waals surface area contributed by atoms with Crippen molar-refractivity contribution >= 4 is 0 Å². The molecule has 0 bridgehead atoms. The molecular formula is C15H30N2. The highest BCUT2D eigenvalue weighted by Gasteiger charge is 2.22. The second-order valence-corrected chi connectivity index (χ2v) is 6.33. The first-order valence-electron chi connectivity index (χ1n) is 7.64. The Morgan fingerprint density at radius 2 is 1.59 bits per heavy atom. The van der Waals surface area contributed by atoms with Crippen LogP contribution < -0.4 is 0 Å². The number of piperidine rings is 1. The lowest BCUT2D eigenvalue weighted by atomic mass is 9.83. The number of nitrogens with zero attached hydrogens (tertiary/aromatic N) is 2. The lowest BCUT2D eigenvalue weighted by Crippen LogP contribution is -2.34. The van der Waals surface area contributed by atoms with E-state index in [-0.39, 0.29) is 0 Å². The Hall–Kier alpha value is -0.0800. The topological polar surface area (TPSA) is 6.48 Å². The van der Waals surface area contributed by atoms with Crippen molar-refractivity contribution in [2.24, 2.45) is 5.92 Å². The van der Waals surface area contributed by atoms with E-state index in [0.29, 0.717) is 0 Å². The summed E-state index contributed by atoms with van der Waals surface area (Å²) in [5.74, 6) is 1.02. The summed E-state index contributed by atoms with van der Waals surface area (Å²) < 4.78 is 0. The van der Waals surface area contributed by atoms with E-state index >= 15 is 0 Å². The molecule has 0 atom stereocenters. The predicted molar refractivity (Wildman–Crippen MR) is 74.3 cm³/mol. The number of hydrogen-bond acceptors (Lipinski definition) is 2. The van der Waals surface area contributed by atoms with Gasteiger partial charge in [0.2, 0.25) is 0 Å². The zero-order chi connectivity index (χ0) is 12.1. The van der Waals surface area contributed by atoms with E-state index in [1.54, 1.807) is 0 Å². The standard InChI is InChI=1S/C15H30N2/c1-16(2)15-8-6-14(7-9-15)10-13-17-11-4-3-5-12-17/h14-15H,3-13H2,1-2H3. The molecule has 17 heavy (non-hydrogen) atoms. The summed E-state index contributed by atoms with van der Waals surface area (Å²) in [6.07, 6.45) is 11.6. The van der Waals surface area contributed by atoms with Gasteiger partial charge >= 0.3 is 0 Å². The maximum absolute atomic E-state index is 2.70. The summed E-state index contributed by atoms with van der Waals surface area (Å²) in [5, 5.41) is 0. The van der Waals surface area contributed by atoms with Crippen molar-refractivity contribution in [2.45, 2.75) is 57.4 Å². The molecule has 1 saturated heterocycles. The highest BCUT2D eigenvalue weighted by molar-refractivity contribution is 4.78. The van der Waals surface area contributed by atoms with Crippen LogP contribution in [0.4, 0.5) is 0 Å². The zero-order valence-electron chi connectivity index (χ0n) is 11.8. The van der Waals surface area contributed by atoms with Crippen LogP contribution >= 0.6 is 0 Å². The van der Waals surface area contributed by atoms with Crippen LogP contribution in [0.15, 0.2) is 0 Å². The van der Waals surface area contributed by atoms with E-state index in [9.17, 15) is 0 Å². The molecule has 0 unspecified atom stereocenters. The van der Waals surface area contributed by atoms with Crippen LogP contribution in [0.25, 0.3) is 0 Å². The van der Waals surface area contributed by atoms with Gasteiger partial charge in [-0.2, -0.15) is 0 Å². The molecule has 0 aromatic carbocycles. The fourth-order valence-corrected chi connectivity index (χ4v) is 3.50. The highest BCUT2D eigenvalue weighted by Crippen LogP contribution is 2.29. The molecular weight excluding hydrogens is 208 g/mol. The normalized spacial score (nSPS) is 31.9. The van der Waals surface area contributed by atoms with Gasteiger partial charge in [0.25, 0.3) is 0 Å². The SMILES string of the molecule is CN(C)C1CCC(CCN2CCCCC2)CC1. The minimum atomic E-state index is 0.862. The van der Waals surface area contributed by atoms with E-state index in [2.05, 4.69) is 23.9 Å². The molecule has 0 aromatic rings. The molecule has 0 amide bonds. The van der Waals surface area contributed by atoms with Gasteiger partial charge in [-0.3, -0.25) is 0 Å². The van der Waals surface area contributed by atoms with Crippen molar-refractivity contribution < 1.29 is 0 Å². The summed E-state index contributed by atoms with van der Waals surface area (Å²) >= 11 is 0. The molecule has 2 heteroatoms. The highest BCUT2D eigenvalue weighted by atomic mass is 15.1. The summed E-state index contributed by atoms with van der Waals surface area (Å²) in [6.45, 7) is 4.11. The van der Waals surface area contributed by atoms with Crippen molar-refractivity contribution in [1.29, 1.82) is 0 Å². The molecule has 0 N–H and O–H groups in total. The first-order valence-corrected chi connectivity index (χ1v) is 7.64. The van der Waals surface area contributed by atoms with Crippen molar-refractivity contribution in [3.05, 3.63) is 0 Å². The number of hydrogen-bond donors (Lipinski definition) is 0. The molecule has 0 aromatic heterocycles. The van der Waals surface area contributed by atoms with Crippen LogP contribution in [0, 0.1) is 5.92 Å². The van der Waals surface area contributed by atoms with Gasteiger partial charge in [0.05, 0.1) is 0 Å². The van der Waals surface area contributed by atoms with E-state index in [1.165, 1.54) is 71.0 Å². The van der Waals surface area contributed by atoms with E-state index < -0.39 is 0 Å². The molecule has 100 valence electrons. The molecule has 1 saturated carbocycles. The van der Waals surface area contributed by atoms with E-state index in [4.69, 9.17) is 0 Å². The van der Waals surface area contributed by atoms with Crippen LogP contribution in [-0.4, -0.2) is 49.6 Å². The Morgan fingerprint density at radius 3 is 2.18 bits per heavy atom. The third-order valence-corrected chi connectivity index (χ3v) is 4.85. The lowest BCUT2D eigenvalue weighted by molar-refractivity contribution is 0.165. The second-order valence-electron chi connectivity index (χ2n) is 6.33. The van der Waals surface area contributed by atoms with Crippen molar-refractivity contribution in [1.82, 2.24) is 9.80 Å². The van der Waals surface area contributed by atoms with Gasteiger partial charge in [0, 0.05) is 6.04 Å². The fraction of sp³-hybridized carbons (Fsp3) is 1.00. The summed E-state index contributed by atoms with van der Waals surface area (Å²) in [7, 11) is 4.47.